The summed E-state index contributed by atoms with van der Waals surface area (Å²) in [6.45, 7) is 1.60. The van der Waals surface area contributed by atoms with Crippen molar-refractivity contribution >= 4 is 32.7 Å². The molecule has 0 spiro atoms. The van der Waals surface area contributed by atoms with Crippen LogP contribution in [0.2, 0.25) is 0 Å². The first-order valence-electron chi connectivity index (χ1n) is 10.9. The first-order valence-corrected chi connectivity index (χ1v) is 12.4. The average Bonchev–Trinajstić information content (AvgIpc) is 3.46. The van der Waals surface area contributed by atoms with Crippen LogP contribution in [0.5, 0.6) is 0 Å². The molecule has 3 aromatic carbocycles. The number of benzene rings is 3. The molecule has 0 aliphatic carbocycles. The Bertz CT molecular complexity index is 1430. The fourth-order valence-corrected chi connectivity index (χ4v) is 5.77. The Morgan fingerprint density at radius 1 is 1.00 bits per heavy atom. The minimum absolute atomic E-state index is 0.122. The summed E-state index contributed by atoms with van der Waals surface area (Å²) in [7, 11) is -3.74. The highest BCUT2D eigenvalue weighted by Crippen LogP contribution is 2.32. The van der Waals surface area contributed by atoms with Crippen molar-refractivity contribution in [2.24, 2.45) is 0 Å². The molecule has 0 bridgehead atoms. The molecule has 33 heavy (non-hydrogen) atoms. The third kappa shape index (κ3) is 4.09. The Morgan fingerprint density at radius 3 is 2.73 bits per heavy atom. The van der Waals surface area contributed by atoms with E-state index in [1.807, 2.05) is 48.5 Å². The molecule has 4 aromatic rings. The molecule has 0 atom stereocenters. The van der Waals surface area contributed by atoms with Crippen molar-refractivity contribution in [3.63, 3.8) is 0 Å². The van der Waals surface area contributed by atoms with Crippen LogP contribution >= 0.6 is 0 Å². The summed E-state index contributed by atoms with van der Waals surface area (Å²) in [5, 5.41) is 2.89. The average molecular weight is 461 g/mol. The Labute approximate surface area is 192 Å². The summed E-state index contributed by atoms with van der Waals surface area (Å²) in [4.78, 5) is 17.2. The van der Waals surface area contributed by atoms with Crippen molar-refractivity contribution < 1.29 is 13.2 Å². The van der Waals surface area contributed by atoms with Crippen molar-refractivity contribution in [1.29, 1.82) is 0 Å². The van der Waals surface area contributed by atoms with Crippen LogP contribution in [0.3, 0.4) is 0 Å². The molecule has 1 aliphatic rings. The van der Waals surface area contributed by atoms with Gasteiger partial charge in [-0.15, -0.1) is 0 Å². The number of hydrogen-bond acceptors (Lipinski definition) is 4. The van der Waals surface area contributed by atoms with Gasteiger partial charge in [-0.25, -0.2) is 13.4 Å². The maximum Gasteiger partial charge on any atom is 0.264 e. The number of imidazole rings is 1. The molecule has 0 fully saturated rings. The molecule has 2 heterocycles. The van der Waals surface area contributed by atoms with Crippen LogP contribution in [-0.2, 0) is 23.0 Å². The number of sulfonamides is 1. The summed E-state index contributed by atoms with van der Waals surface area (Å²) in [6, 6.07) is 21.7. The molecule has 0 radical (unpaired) electrons. The number of para-hydroxylation sites is 3. The van der Waals surface area contributed by atoms with Crippen LogP contribution in [0.4, 0.5) is 5.69 Å². The SMILES string of the molecule is O=C(NCCCn1cnc2ccccc21)c1cccc(S(=O)(=O)N2CCc3ccccc32)c1. The van der Waals surface area contributed by atoms with Gasteiger partial charge in [-0.1, -0.05) is 36.4 Å². The van der Waals surface area contributed by atoms with Gasteiger partial charge < -0.3 is 9.88 Å². The van der Waals surface area contributed by atoms with Gasteiger partial charge in [0.05, 0.1) is 27.9 Å². The Morgan fingerprint density at radius 2 is 1.82 bits per heavy atom. The first-order chi connectivity index (χ1) is 16.0. The molecule has 1 aromatic heterocycles. The zero-order valence-corrected chi connectivity index (χ0v) is 18.8. The number of nitrogens with one attached hydrogen (secondary N) is 1. The second-order valence-electron chi connectivity index (χ2n) is 8.02. The number of fused-ring (bicyclic) bond motifs is 2. The van der Waals surface area contributed by atoms with Gasteiger partial charge in [0.25, 0.3) is 15.9 Å². The molecule has 8 heteroatoms. The highest BCUT2D eigenvalue weighted by atomic mass is 32.2. The van der Waals surface area contributed by atoms with Crippen LogP contribution in [0.1, 0.15) is 22.3 Å². The number of hydrogen-bond donors (Lipinski definition) is 1. The van der Waals surface area contributed by atoms with Gasteiger partial charge in [0, 0.05) is 25.2 Å². The van der Waals surface area contributed by atoms with Crippen LogP contribution in [-0.4, -0.2) is 37.0 Å². The maximum absolute atomic E-state index is 13.3. The number of amides is 1. The standard InChI is InChI=1S/C25H24N4O3S/c30-25(26-14-6-15-28-18-27-22-10-2-4-12-24(22)28)20-8-5-9-21(17-20)33(31,32)29-16-13-19-7-1-3-11-23(19)29/h1-5,7-12,17-18H,6,13-16H2,(H,26,30). The van der Waals surface area contributed by atoms with E-state index >= 15 is 0 Å². The summed E-state index contributed by atoms with van der Waals surface area (Å²) >= 11 is 0. The van der Waals surface area contributed by atoms with Crippen LogP contribution < -0.4 is 9.62 Å². The van der Waals surface area contributed by atoms with Gasteiger partial charge >= 0.3 is 0 Å². The predicted octanol–water partition coefficient (Wildman–Crippen LogP) is 3.61. The van der Waals surface area contributed by atoms with E-state index in [2.05, 4.69) is 14.9 Å². The highest BCUT2D eigenvalue weighted by molar-refractivity contribution is 7.92. The van der Waals surface area contributed by atoms with E-state index in [1.54, 1.807) is 18.5 Å². The highest BCUT2D eigenvalue weighted by Gasteiger charge is 2.30. The normalized spacial score (nSPS) is 13.3. The van der Waals surface area contributed by atoms with Gasteiger partial charge in [-0.3, -0.25) is 9.10 Å². The van der Waals surface area contributed by atoms with E-state index in [4.69, 9.17) is 0 Å². The van der Waals surface area contributed by atoms with E-state index in [1.165, 1.54) is 16.4 Å². The van der Waals surface area contributed by atoms with E-state index in [-0.39, 0.29) is 10.8 Å². The number of nitrogens with zero attached hydrogens (tertiary/aromatic N) is 3. The quantitative estimate of drug-likeness (QED) is 0.427. The minimum Gasteiger partial charge on any atom is -0.352 e. The third-order valence-corrected chi connectivity index (χ3v) is 7.73. The van der Waals surface area contributed by atoms with Crippen molar-refractivity contribution in [1.82, 2.24) is 14.9 Å². The largest absolute Gasteiger partial charge is 0.352 e. The zero-order valence-electron chi connectivity index (χ0n) is 18.0. The molecule has 5 rings (SSSR count). The Balaban J connectivity index is 1.24. The number of aromatic nitrogens is 2. The van der Waals surface area contributed by atoms with Crippen LogP contribution in [0.15, 0.2) is 84.0 Å². The number of anilines is 1. The molecular weight excluding hydrogens is 436 g/mol. The van der Waals surface area contributed by atoms with Gasteiger partial charge in [0.2, 0.25) is 0 Å². The number of carbonyl (C=O) groups excluding carboxylic acids is 1. The second kappa shape index (κ2) is 8.71. The topological polar surface area (TPSA) is 84.3 Å². The second-order valence-corrected chi connectivity index (χ2v) is 9.88. The monoisotopic (exact) mass is 460 g/mol. The minimum atomic E-state index is -3.74. The van der Waals surface area contributed by atoms with Crippen LogP contribution in [0, 0.1) is 0 Å². The molecule has 168 valence electrons. The first kappa shape index (κ1) is 21.2. The summed E-state index contributed by atoms with van der Waals surface area (Å²) in [5.74, 6) is -0.288. The maximum atomic E-state index is 13.3. The lowest BCUT2D eigenvalue weighted by atomic mass is 10.2. The van der Waals surface area contributed by atoms with Gasteiger partial charge in [-0.05, 0) is 54.8 Å². The number of rotatable bonds is 7. The predicted molar refractivity (Wildman–Crippen MR) is 128 cm³/mol. The summed E-state index contributed by atoms with van der Waals surface area (Å²) in [5.41, 5.74) is 4.06. The fraction of sp³-hybridized carbons (Fsp3) is 0.200. The molecule has 1 aliphatic heterocycles. The lowest BCUT2D eigenvalue weighted by Gasteiger charge is -2.20. The van der Waals surface area contributed by atoms with Crippen LogP contribution in [0.25, 0.3) is 11.0 Å². The van der Waals surface area contributed by atoms with Gasteiger partial charge in [-0.2, -0.15) is 0 Å². The van der Waals surface area contributed by atoms with Crippen molar-refractivity contribution in [3.8, 4) is 0 Å². The molecule has 1 amide bonds. The molecule has 0 saturated heterocycles. The summed E-state index contributed by atoms with van der Waals surface area (Å²) in [6.07, 6.45) is 3.22. The third-order valence-electron chi connectivity index (χ3n) is 5.92. The van der Waals surface area contributed by atoms with E-state index in [9.17, 15) is 13.2 Å². The van der Waals surface area contributed by atoms with Gasteiger partial charge in [0.1, 0.15) is 0 Å². The molecule has 0 saturated carbocycles. The zero-order chi connectivity index (χ0) is 22.8. The van der Waals surface area contributed by atoms with Gasteiger partial charge in [0.15, 0.2) is 0 Å². The number of aryl methyl sites for hydroxylation is 1. The fourth-order valence-electron chi connectivity index (χ4n) is 4.22. The van der Waals surface area contributed by atoms with E-state index in [0.29, 0.717) is 30.8 Å². The summed E-state index contributed by atoms with van der Waals surface area (Å²) < 4.78 is 30.0. The number of carbonyl (C=O) groups is 1. The van der Waals surface area contributed by atoms with Crippen molar-refractivity contribution in [2.45, 2.75) is 24.3 Å². The lowest BCUT2D eigenvalue weighted by molar-refractivity contribution is 0.0952. The lowest BCUT2D eigenvalue weighted by Crippen LogP contribution is -2.30. The molecule has 7 nitrogen and oxygen atoms in total. The van der Waals surface area contributed by atoms with Crippen molar-refractivity contribution in [3.05, 3.63) is 90.3 Å². The smallest absolute Gasteiger partial charge is 0.264 e. The van der Waals surface area contributed by atoms with E-state index in [0.717, 1.165) is 29.6 Å². The molecular formula is C25H24N4O3S. The Kier molecular flexibility index (Phi) is 5.60. The molecule has 1 N–H and O–H groups in total. The van der Waals surface area contributed by atoms with Crippen molar-refractivity contribution in [2.75, 3.05) is 17.4 Å². The Hall–Kier alpha value is -3.65. The van der Waals surface area contributed by atoms with E-state index < -0.39 is 10.0 Å². The molecule has 0 unspecified atom stereocenters.